The topological polar surface area (TPSA) is 108 Å². The summed E-state index contributed by atoms with van der Waals surface area (Å²) in [6.07, 6.45) is 0.938. The highest BCUT2D eigenvalue weighted by molar-refractivity contribution is 7.88. The summed E-state index contributed by atoms with van der Waals surface area (Å²) < 4.78 is 30.9. The van der Waals surface area contributed by atoms with Gasteiger partial charge in [0.2, 0.25) is 15.9 Å². The predicted molar refractivity (Wildman–Crippen MR) is 98.1 cm³/mol. The molecule has 0 heterocycles. The van der Waals surface area contributed by atoms with Gasteiger partial charge in [0.25, 0.3) is 0 Å². The first-order valence-corrected chi connectivity index (χ1v) is 9.61. The minimum absolute atomic E-state index is 0.101. The molecular weight excluding hydrogens is 354 g/mol. The number of nitrogens with zero attached hydrogens (tertiary/aromatic N) is 1. The van der Waals surface area contributed by atoms with Crippen molar-refractivity contribution in [2.45, 2.75) is 12.5 Å². The Balaban J connectivity index is 2.17. The summed E-state index contributed by atoms with van der Waals surface area (Å²) in [4.78, 5) is 12.4. The molecule has 136 valence electrons. The first-order valence-electron chi connectivity index (χ1n) is 7.72. The molecular formula is C18H19N3O4S. The van der Waals surface area contributed by atoms with Crippen molar-refractivity contribution >= 4 is 21.6 Å². The highest BCUT2D eigenvalue weighted by Gasteiger charge is 2.20. The van der Waals surface area contributed by atoms with Crippen LogP contribution in [0.2, 0.25) is 0 Å². The lowest BCUT2D eigenvalue weighted by atomic mass is 10.0. The van der Waals surface area contributed by atoms with Gasteiger partial charge in [0.05, 0.1) is 31.0 Å². The highest BCUT2D eigenvalue weighted by atomic mass is 32.2. The molecule has 0 aliphatic carbocycles. The van der Waals surface area contributed by atoms with E-state index in [9.17, 15) is 13.2 Å². The quantitative estimate of drug-likeness (QED) is 0.773. The van der Waals surface area contributed by atoms with Crippen LogP contribution in [0.15, 0.2) is 48.5 Å². The van der Waals surface area contributed by atoms with Gasteiger partial charge in [-0.2, -0.15) is 5.26 Å². The standard InChI is InChI=1S/C18H19N3O4S/c1-25-16-8-6-14(7-9-16)17(21-26(2,23)24)11-18(22)20-15-5-3-4-13(10-15)12-19/h3-10,17,21H,11H2,1-2H3,(H,20,22)/t17-/m0/s1. The fraction of sp³-hybridized carbons (Fsp3) is 0.222. The van der Waals surface area contributed by atoms with Crippen molar-refractivity contribution in [3.8, 4) is 11.8 Å². The van der Waals surface area contributed by atoms with Crippen molar-refractivity contribution in [1.82, 2.24) is 4.72 Å². The van der Waals surface area contributed by atoms with Gasteiger partial charge in [0.1, 0.15) is 5.75 Å². The van der Waals surface area contributed by atoms with E-state index in [0.717, 1.165) is 6.26 Å². The SMILES string of the molecule is COc1ccc([C@H](CC(=O)Nc2cccc(C#N)c2)NS(C)(=O)=O)cc1. The third kappa shape index (κ3) is 5.88. The van der Waals surface area contributed by atoms with Crippen LogP contribution < -0.4 is 14.8 Å². The lowest BCUT2D eigenvalue weighted by Gasteiger charge is -2.18. The van der Waals surface area contributed by atoms with E-state index in [2.05, 4.69) is 10.0 Å². The van der Waals surface area contributed by atoms with E-state index < -0.39 is 16.1 Å². The van der Waals surface area contributed by atoms with Gasteiger partial charge < -0.3 is 10.1 Å². The molecule has 0 unspecified atom stereocenters. The van der Waals surface area contributed by atoms with Gasteiger partial charge in [-0.3, -0.25) is 4.79 Å². The Bertz CT molecular complexity index is 918. The third-order valence-corrected chi connectivity index (χ3v) is 4.25. The Labute approximate surface area is 152 Å². The van der Waals surface area contributed by atoms with E-state index in [0.29, 0.717) is 22.6 Å². The number of carbonyl (C=O) groups is 1. The monoisotopic (exact) mass is 373 g/mol. The number of nitriles is 1. The average Bonchev–Trinajstić information content (AvgIpc) is 2.60. The number of amides is 1. The summed E-state index contributed by atoms with van der Waals surface area (Å²) in [6.45, 7) is 0. The zero-order valence-electron chi connectivity index (χ0n) is 14.4. The predicted octanol–water partition coefficient (Wildman–Crippen LogP) is 2.19. The van der Waals surface area contributed by atoms with Crippen LogP contribution in [-0.4, -0.2) is 27.7 Å². The molecule has 0 spiro atoms. The number of sulfonamides is 1. The molecule has 2 rings (SSSR count). The molecule has 2 N–H and O–H groups in total. The lowest BCUT2D eigenvalue weighted by molar-refractivity contribution is -0.116. The normalized spacial score (nSPS) is 12.0. The molecule has 0 bridgehead atoms. The molecule has 0 saturated carbocycles. The van der Waals surface area contributed by atoms with E-state index in [4.69, 9.17) is 10.00 Å². The Morgan fingerprint density at radius 2 is 1.92 bits per heavy atom. The summed E-state index contributed by atoms with van der Waals surface area (Å²) in [5, 5.41) is 11.6. The maximum Gasteiger partial charge on any atom is 0.226 e. The summed E-state index contributed by atoms with van der Waals surface area (Å²) in [6, 6.07) is 14.5. The van der Waals surface area contributed by atoms with E-state index in [1.165, 1.54) is 7.11 Å². The minimum Gasteiger partial charge on any atom is -0.497 e. The Morgan fingerprint density at radius 1 is 1.23 bits per heavy atom. The van der Waals surface area contributed by atoms with Crippen LogP contribution in [0.3, 0.4) is 0 Å². The van der Waals surface area contributed by atoms with Crippen LogP contribution in [0.1, 0.15) is 23.6 Å². The summed E-state index contributed by atoms with van der Waals surface area (Å²) in [5.74, 6) is 0.252. The number of nitrogens with one attached hydrogen (secondary N) is 2. The molecule has 0 radical (unpaired) electrons. The molecule has 0 fully saturated rings. The summed E-state index contributed by atoms with van der Waals surface area (Å²) >= 11 is 0. The van der Waals surface area contributed by atoms with Crippen molar-refractivity contribution in [1.29, 1.82) is 5.26 Å². The molecule has 1 amide bonds. The molecule has 26 heavy (non-hydrogen) atoms. The number of anilines is 1. The molecule has 0 aliphatic heterocycles. The Morgan fingerprint density at radius 3 is 2.50 bits per heavy atom. The summed E-state index contributed by atoms with van der Waals surface area (Å²) in [7, 11) is -1.99. The van der Waals surface area contributed by atoms with E-state index in [1.807, 2.05) is 6.07 Å². The molecule has 2 aromatic carbocycles. The van der Waals surface area contributed by atoms with Crippen molar-refractivity contribution in [2.75, 3.05) is 18.7 Å². The smallest absolute Gasteiger partial charge is 0.226 e. The number of ether oxygens (including phenoxy) is 1. The van der Waals surface area contributed by atoms with Crippen LogP contribution in [0.25, 0.3) is 0 Å². The second kappa shape index (κ2) is 8.47. The van der Waals surface area contributed by atoms with Crippen molar-refractivity contribution < 1.29 is 17.9 Å². The van der Waals surface area contributed by atoms with Gasteiger partial charge in [-0.25, -0.2) is 13.1 Å². The number of rotatable bonds is 7. The van der Waals surface area contributed by atoms with Crippen LogP contribution in [-0.2, 0) is 14.8 Å². The van der Waals surface area contributed by atoms with Gasteiger partial charge in [-0.1, -0.05) is 18.2 Å². The van der Waals surface area contributed by atoms with E-state index in [-0.39, 0.29) is 12.3 Å². The van der Waals surface area contributed by atoms with Crippen LogP contribution in [0, 0.1) is 11.3 Å². The van der Waals surface area contributed by atoms with Crippen molar-refractivity contribution in [3.63, 3.8) is 0 Å². The number of hydrogen-bond donors (Lipinski definition) is 2. The molecule has 8 heteroatoms. The van der Waals surface area contributed by atoms with Gasteiger partial charge >= 0.3 is 0 Å². The number of benzene rings is 2. The molecule has 2 aromatic rings. The van der Waals surface area contributed by atoms with Crippen molar-refractivity contribution in [2.24, 2.45) is 0 Å². The largest absolute Gasteiger partial charge is 0.497 e. The van der Waals surface area contributed by atoms with E-state index in [1.54, 1.807) is 48.5 Å². The molecule has 0 saturated heterocycles. The van der Waals surface area contributed by atoms with Crippen molar-refractivity contribution in [3.05, 3.63) is 59.7 Å². The number of hydrogen-bond acceptors (Lipinski definition) is 5. The number of carbonyl (C=O) groups excluding carboxylic acids is 1. The Hall–Kier alpha value is -2.89. The first kappa shape index (κ1) is 19.4. The van der Waals surface area contributed by atoms with Gasteiger partial charge in [-0.15, -0.1) is 0 Å². The Kier molecular flexibility index (Phi) is 6.33. The zero-order valence-corrected chi connectivity index (χ0v) is 15.2. The van der Waals surface area contributed by atoms with Crippen LogP contribution in [0.5, 0.6) is 5.75 Å². The maximum absolute atomic E-state index is 12.4. The second-order valence-corrected chi connectivity index (χ2v) is 7.44. The fourth-order valence-electron chi connectivity index (χ4n) is 2.39. The van der Waals surface area contributed by atoms with Crippen LogP contribution >= 0.6 is 0 Å². The highest BCUT2D eigenvalue weighted by Crippen LogP contribution is 2.22. The molecule has 7 nitrogen and oxygen atoms in total. The lowest BCUT2D eigenvalue weighted by Crippen LogP contribution is -2.30. The van der Waals surface area contributed by atoms with Crippen LogP contribution in [0.4, 0.5) is 5.69 Å². The minimum atomic E-state index is -3.52. The third-order valence-electron chi connectivity index (χ3n) is 3.54. The van der Waals surface area contributed by atoms with Gasteiger partial charge in [-0.05, 0) is 35.9 Å². The first-order chi connectivity index (χ1) is 12.3. The zero-order chi connectivity index (χ0) is 19.2. The van der Waals surface area contributed by atoms with E-state index >= 15 is 0 Å². The maximum atomic E-state index is 12.4. The molecule has 1 atom stereocenters. The fourth-order valence-corrected chi connectivity index (χ4v) is 3.12. The second-order valence-electron chi connectivity index (χ2n) is 5.66. The van der Waals surface area contributed by atoms with Gasteiger partial charge in [0.15, 0.2) is 0 Å². The molecule has 0 aromatic heterocycles. The average molecular weight is 373 g/mol. The molecule has 0 aliphatic rings. The number of methoxy groups -OCH3 is 1. The summed E-state index contributed by atoms with van der Waals surface area (Å²) in [5.41, 5.74) is 1.53. The van der Waals surface area contributed by atoms with Gasteiger partial charge in [0, 0.05) is 12.1 Å².